The van der Waals surface area contributed by atoms with Gasteiger partial charge in [-0.05, 0) is 20.8 Å². The summed E-state index contributed by atoms with van der Waals surface area (Å²) < 4.78 is 0. The van der Waals surface area contributed by atoms with Crippen molar-refractivity contribution in [1.82, 2.24) is 15.3 Å². The first kappa shape index (κ1) is 14.6. The molecule has 1 aliphatic rings. The SMILES string of the molecule is CCNc1cc(N2CCNC(=O)C2(C)C)nc(CC)n1. The molecular formula is C14H23N5O. The molecule has 1 fully saturated rings. The van der Waals surface area contributed by atoms with Gasteiger partial charge in [0.25, 0.3) is 0 Å². The number of amides is 1. The minimum atomic E-state index is -0.596. The lowest BCUT2D eigenvalue weighted by Gasteiger charge is -2.42. The van der Waals surface area contributed by atoms with Crippen LogP contribution in [0.25, 0.3) is 0 Å². The van der Waals surface area contributed by atoms with Gasteiger partial charge in [0.15, 0.2) is 0 Å². The van der Waals surface area contributed by atoms with E-state index < -0.39 is 5.54 Å². The van der Waals surface area contributed by atoms with E-state index in [4.69, 9.17) is 0 Å². The Balaban J connectivity index is 2.40. The number of anilines is 2. The maximum absolute atomic E-state index is 12.1. The number of hydrogen-bond acceptors (Lipinski definition) is 5. The molecule has 1 aromatic rings. The Morgan fingerprint density at radius 3 is 2.80 bits per heavy atom. The molecule has 6 heteroatoms. The maximum Gasteiger partial charge on any atom is 0.245 e. The Labute approximate surface area is 120 Å². The van der Waals surface area contributed by atoms with E-state index in [1.54, 1.807) is 0 Å². The maximum atomic E-state index is 12.1. The molecule has 0 radical (unpaired) electrons. The number of aryl methyl sites for hydroxylation is 1. The fourth-order valence-corrected chi connectivity index (χ4v) is 2.35. The van der Waals surface area contributed by atoms with Crippen LogP contribution >= 0.6 is 0 Å². The molecule has 2 rings (SSSR count). The van der Waals surface area contributed by atoms with E-state index in [1.165, 1.54) is 0 Å². The summed E-state index contributed by atoms with van der Waals surface area (Å²) in [6.07, 6.45) is 0.771. The fourth-order valence-electron chi connectivity index (χ4n) is 2.35. The monoisotopic (exact) mass is 277 g/mol. The zero-order chi connectivity index (χ0) is 14.8. The highest BCUT2D eigenvalue weighted by molar-refractivity contribution is 5.90. The van der Waals surface area contributed by atoms with Crippen LogP contribution in [0.4, 0.5) is 11.6 Å². The van der Waals surface area contributed by atoms with Gasteiger partial charge in [-0.2, -0.15) is 0 Å². The van der Waals surface area contributed by atoms with Gasteiger partial charge in [-0.15, -0.1) is 0 Å². The van der Waals surface area contributed by atoms with Crippen LogP contribution in [0, 0.1) is 0 Å². The molecule has 0 aliphatic carbocycles. The molecule has 0 spiro atoms. The van der Waals surface area contributed by atoms with Crippen LogP contribution in [-0.4, -0.2) is 41.0 Å². The van der Waals surface area contributed by atoms with Crippen LogP contribution in [-0.2, 0) is 11.2 Å². The molecular weight excluding hydrogens is 254 g/mol. The number of carbonyl (C=O) groups excluding carboxylic acids is 1. The van der Waals surface area contributed by atoms with E-state index in [1.807, 2.05) is 38.7 Å². The average Bonchev–Trinajstić information content (AvgIpc) is 2.41. The number of hydrogen-bond donors (Lipinski definition) is 2. The van der Waals surface area contributed by atoms with Gasteiger partial charge in [-0.3, -0.25) is 4.79 Å². The van der Waals surface area contributed by atoms with Gasteiger partial charge >= 0.3 is 0 Å². The molecule has 0 bridgehead atoms. The third kappa shape index (κ3) is 2.69. The predicted molar refractivity (Wildman–Crippen MR) is 80.0 cm³/mol. The lowest BCUT2D eigenvalue weighted by Crippen LogP contribution is -2.62. The van der Waals surface area contributed by atoms with Gasteiger partial charge in [0, 0.05) is 32.1 Å². The highest BCUT2D eigenvalue weighted by Gasteiger charge is 2.38. The Kier molecular flexibility index (Phi) is 4.11. The van der Waals surface area contributed by atoms with Crippen molar-refractivity contribution in [2.45, 2.75) is 39.7 Å². The summed E-state index contributed by atoms with van der Waals surface area (Å²) in [6.45, 7) is 10.1. The van der Waals surface area contributed by atoms with Crippen LogP contribution in [0.1, 0.15) is 33.5 Å². The van der Waals surface area contributed by atoms with Crippen molar-refractivity contribution in [3.05, 3.63) is 11.9 Å². The van der Waals surface area contributed by atoms with Gasteiger partial charge in [-0.1, -0.05) is 6.92 Å². The third-order valence-corrected chi connectivity index (χ3v) is 3.56. The zero-order valence-electron chi connectivity index (χ0n) is 12.7. The van der Waals surface area contributed by atoms with Crippen molar-refractivity contribution >= 4 is 17.5 Å². The summed E-state index contributed by atoms with van der Waals surface area (Å²) in [6, 6.07) is 1.92. The van der Waals surface area contributed by atoms with Gasteiger partial charge in [0.05, 0.1) is 0 Å². The quantitative estimate of drug-likeness (QED) is 0.865. The van der Waals surface area contributed by atoms with Gasteiger partial charge in [0.2, 0.25) is 5.91 Å². The number of piperazine rings is 1. The van der Waals surface area contributed by atoms with E-state index in [9.17, 15) is 4.79 Å². The van der Waals surface area contributed by atoms with Gasteiger partial charge in [-0.25, -0.2) is 9.97 Å². The molecule has 1 aromatic heterocycles. The highest BCUT2D eigenvalue weighted by atomic mass is 16.2. The molecule has 0 saturated carbocycles. The number of nitrogens with zero attached hydrogens (tertiary/aromatic N) is 3. The Bertz CT molecular complexity index is 500. The largest absolute Gasteiger partial charge is 0.370 e. The smallest absolute Gasteiger partial charge is 0.245 e. The minimum Gasteiger partial charge on any atom is -0.370 e. The third-order valence-electron chi connectivity index (χ3n) is 3.56. The lowest BCUT2D eigenvalue weighted by molar-refractivity contribution is -0.126. The van der Waals surface area contributed by atoms with Crippen molar-refractivity contribution in [1.29, 1.82) is 0 Å². The molecule has 0 aromatic carbocycles. The molecule has 0 unspecified atom stereocenters. The fraction of sp³-hybridized carbons (Fsp3) is 0.643. The van der Waals surface area contributed by atoms with Gasteiger partial charge in [0.1, 0.15) is 23.0 Å². The van der Waals surface area contributed by atoms with Crippen molar-refractivity contribution in [2.24, 2.45) is 0 Å². The van der Waals surface area contributed by atoms with Crippen LogP contribution < -0.4 is 15.5 Å². The van der Waals surface area contributed by atoms with E-state index in [-0.39, 0.29) is 5.91 Å². The second kappa shape index (κ2) is 5.64. The first-order chi connectivity index (χ1) is 9.48. The first-order valence-electron chi connectivity index (χ1n) is 7.16. The van der Waals surface area contributed by atoms with Crippen molar-refractivity contribution in [3.8, 4) is 0 Å². The summed E-state index contributed by atoms with van der Waals surface area (Å²) in [5, 5.41) is 6.12. The predicted octanol–water partition coefficient (Wildman–Crippen LogP) is 1.19. The van der Waals surface area contributed by atoms with Gasteiger partial charge < -0.3 is 15.5 Å². The molecule has 1 saturated heterocycles. The standard InChI is InChI=1S/C14H23N5O/c1-5-10-17-11(15-6-2)9-12(18-10)19-8-7-16-13(20)14(19,3)4/h9H,5-8H2,1-4H3,(H,16,20)(H,15,17,18). The summed E-state index contributed by atoms with van der Waals surface area (Å²) in [5.41, 5.74) is -0.596. The van der Waals surface area contributed by atoms with E-state index in [0.717, 1.165) is 37.0 Å². The van der Waals surface area contributed by atoms with Crippen LogP contribution in [0.3, 0.4) is 0 Å². The summed E-state index contributed by atoms with van der Waals surface area (Å²) >= 11 is 0. The zero-order valence-corrected chi connectivity index (χ0v) is 12.7. The molecule has 110 valence electrons. The highest BCUT2D eigenvalue weighted by Crippen LogP contribution is 2.26. The van der Waals surface area contributed by atoms with Crippen LogP contribution in [0.2, 0.25) is 0 Å². The van der Waals surface area contributed by atoms with Crippen LogP contribution in [0.5, 0.6) is 0 Å². The Morgan fingerprint density at radius 1 is 1.40 bits per heavy atom. The summed E-state index contributed by atoms with van der Waals surface area (Å²) in [5.74, 6) is 2.45. The Morgan fingerprint density at radius 2 is 2.15 bits per heavy atom. The van der Waals surface area contributed by atoms with Crippen molar-refractivity contribution in [3.63, 3.8) is 0 Å². The minimum absolute atomic E-state index is 0.0328. The second-order valence-electron chi connectivity index (χ2n) is 5.38. The molecule has 2 heterocycles. The number of nitrogens with one attached hydrogen (secondary N) is 2. The van der Waals surface area contributed by atoms with Crippen molar-refractivity contribution in [2.75, 3.05) is 29.9 Å². The Hall–Kier alpha value is -1.85. The normalized spacial score (nSPS) is 17.8. The second-order valence-corrected chi connectivity index (χ2v) is 5.38. The van der Waals surface area contributed by atoms with E-state index >= 15 is 0 Å². The van der Waals surface area contributed by atoms with Crippen molar-refractivity contribution < 1.29 is 4.79 Å². The molecule has 1 aliphatic heterocycles. The first-order valence-corrected chi connectivity index (χ1v) is 7.16. The number of rotatable bonds is 4. The molecule has 0 atom stereocenters. The number of carbonyl (C=O) groups is 1. The van der Waals surface area contributed by atoms with Crippen LogP contribution in [0.15, 0.2) is 6.07 Å². The van der Waals surface area contributed by atoms with E-state index in [2.05, 4.69) is 20.6 Å². The molecule has 6 nitrogen and oxygen atoms in total. The molecule has 1 amide bonds. The summed E-state index contributed by atoms with van der Waals surface area (Å²) in [7, 11) is 0. The molecule has 2 N–H and O–H groups in total. The molecule has 20 heavy (non-hydrogen) atoms. The van der Waals surface area contributed by atoms with E-state index in [0.29, 0.717) is 6.54 Å². The summed E-state index contributed by atoms with van der Waals surface area (Å²) in [4.78, 5) is 23.1. The topological polar surface area (TPSA) is 70.2 Å². The number of aromatic nitrogens is 2. The lowest BCUT2D eigenvalue weighted by atomic mass is 9.99. The average molecular weight is 277 g/mol.